The molecule has 0 amide bonds. The molecule has 0 radical (unpaired) electrons. The first kappa shape index (κ1) is 27.0. The Labute approximate surface area is 235 Å². The minimum atomic E-state index is -3.35. The number of nitrogens with zero attached hydrogens (tertiary/aromatic N) is 4. The minimum absolute atomic E-state index is 0.0162. The number of halogens is 2. The zero-order chi connectivity index (χ0) is 27.8. The van der Waals surface area contributed by atoms with Crippen LogP contribution in [0.15, 0.2) is 64.1 Å². The van der Waals surface area contributed by atoms with E-state index in [1.54, 1.807) is 49.4 Å². The van der Waals surface area contributed by atoms with Crippen LogP contribution in [0.25, 0.3) is 16.3 Å². The smallest absolute Gasteiger partial charge is 0.257 e. The summed E-state index contributed by atoms with van der Waals surface area (Å²) in [6.07, 6.45) is 2.92. The summed E-state index contributed by atoms with van der Waals surface area (Å²) in [6.45, 7) is 8.66. The van der Waals surface area contributed by atoms with Crippen molar-refractivity contribution in [1.82, 2.24) is 15.1 Å². The number of aromatic nitrogens is 3. The van der Waals surface area contributed by atoms with E-state index >= 15 is 0 Å². The lowest BCUT2D eigenvalue weighted by Gasteiger charge is -2.16. The predicted octanol–water partition coefficient (Wildman–Crippen LogP) is 6.22. The predicted molar refractivity (Wildman–Crippen MR) is 147 cm³/mol. The number of sulfone groups is 1. The van der Waals surface area contributed by atoms with Gasteiger partial charge in [-0.2, -0.15) is 4.98 Å². The van der Waals surface area contributed by atoms with Gasteiger partial charge in [-0.25, -0.2) is 13.3 Å². The molecule has 0 bridgehead atoms. The van der Waals surface area contributed by atoms with E-state index in [-0.39, 0.29) is 29.3 Å². The van der Waals surface area contributed by atoms with Crippen molar-refractivity contribution in [2.24, 2.45) is 0 Å². The molecule has 0 atom stereocenters. The maximum absolute atomic E-state index is 12.7. The molecule has 0 aliphatic heterocycles. The first-order valence-electron chi connectivity index (χ1n) is 12.1. The van der Waals surface area contributed by atoms with Crippen molar-refractivity contribution in [1.29, 1.82) is 0 Å². The topological polar surface area (TPSA) is 107 Å². The molecule has 39 heavy (non-hydrogen) atoms. The minimum Gasteiger partial charge on any atom is -0.334 e. The second-order valence-corrected chi connectivity index (χ2v) is 12.5. The fourth-order valence-electron chi connectivity index (χ4n) is 4.47. The van der Waals surface area contributed by atoms with Crippen LogP contribution in [-0.4, -0.2) is 35.1 Å². The monoisotopic (exact) mass is 580 g/mol. The highest BCUT2D eigenvalue weighted by atomic mass is 35.5. The molecule has 1 aliphatic carbocycles. The highest BCUT2D eigenvalue weighted by Crippen LogP contribution is 2.56. The Kier molecular flexibility index (Phi) is 7.29. The maximum Gasteiger partial charge on any atom is 0.257 e. The third kappa shape index (κ3) is 5.46. The van der Waals surface area contributed by atoms with Crippen LogP contribution < -0.4 is 0 Å². The first-order chi connectivity index (χ1) is 18.6. The van der Waals surface area contributed by atoms with Crippen LogP contribution in [0, 0.1) is 6.57 Å². The lowest BCUT2D eigenvalue weighted by Crippen LogP contribution is -2.14. The number of benzene rings is 2. The van der Waals surface area contributed by atoms with Gasteiger partial charge in [0, 0.05) is 45.9 Å². The number of rotatable bonds is 9. The quantitative estimate of drug-likeness (QED) is 0.216. The van der Waals surface area contributed by atoms with Crippen molar-refractivity contribution < 1.29 is 17.7 Å². The van der Waals surface area contributed by atoms with E-state index in [2.05, 4.69) is 20.0 Å². The van der Waals surface area contributed by atoms with Gasteiger partial charge in [0.05, 0.1) is 22.6 Å². The van der Waals surface area contributed by atoms with Gasteiger partial charge in [0.25, 0.3) is 5.89 Å². The molecular weight excluding hydrogens is 559 g/mol. The number of ketones is 1. The van der Waals surface area contributed by atoms with Crippen LogP contribution >= 0.6 is 23.2 Å². The summed E-state index contributed by atoms with van der Waals surface area (Å²) in [6, 6.07) is 13.4. The average Bonchev–Trinajstić information content (AvgIpc) is 3.54. The summed E-state index contributed by atoms with van der Waals surface area (Å²) < 4.78 is 29.4. The second kappa shape index (κ2) is 10.5. The van der Waals surface area contributed by atoms with Gasteiger partial charge in [0.1, 0.15) is 5.78 Å². The summed E-state index contributed by atoms with van der Waals surface area (Å²) >= 11 is 13.4. The van der Waals surface area contributed by atoms with Gasteiger partial charge < -0.3 is 4.52 Å². The maximum atomic E-state index is 12.7. The zero-order valence-corrected chi connectivity index (χ0v) is 23.1. The zero-order valence-electron chi connectivity index (χ0n) is 20.8. The van der Waals surface area contributed by atoms with Gasteiger partial charge in [-0.1, -0.05) is 59.5 Å². The standard InChI is InChI=1S/C28H22Cl2N4O4S/c1-3-39(36,37)22-9-8-20(32-16-22)15-21(35)12-17-13-23(29)25(24(30)14-17)28(10-11-28)27-33-26(38-34-27)18-4-6-19(31-2)7-5-18/h4-9,13-14,16H,3,10-12,15H2,1H3. The Morgan fingerprint density at radius 1 is 1.08 bits per heavy atom. The third-order valence-electron chi connectivity index (χ3n) is 6.74. The lowest BCUT2D eigenvalue weighted by atomic mass is 9.92. The van der Waals surface area contributed by atoms with Gasteiger partial charge in [-0.05, 0) is 42.7 Å². The molecule has 0 unspecified atom stereocenters. The van der Waals surface area contributed by atoms with Gasteiger partial charge >= 0.3 is 0 Å². The van der Waals surface area contributed by atoms with Crippen molar-refractivity contribution in [3.05, 3.63) is 98.8 Å². The summed E-state index contributed by atoms with van der Waals surface area (Å²) in [7, 11) is -3.35. The number of carbonyl (C=O) groups is 1. The molecular formula is C28H22Cl2N4O4S. The van der Waals surface area contributed by atoms with Crippen molar-refractivity contribution in [2.75, 3.05) is 5.75 Å². The fourth-order valence-corrected chi connectivity index (χ4v) is 6.18. The molecule has 5 rings (SSSR count). The van der Waals surface area contributed by atoms with E-state index in [9.17, 15) is 13.2 Å². The molecule has 1 fully saturated rings. The molecule has 0 spiro atoms. The van der Waals surface area contributed by atoms with Gasteiger partial charge in [-0.15, -0.1) is 0 Å². The van der Waals surface area contributed by atoms with E-state index < -0.39 is 15.3 Å². The summed E-state index contributed by atoms with van der Waals surface area (Å²) in [5, 5.41) is 5.05. The molecule has 8 nitrogen and oxygen atoms in total. The van der Waals surface area contributed by atoms with E-state index in [0.29, 0.717) is 49.8 Å². The fraction of sp³-hybridized carbons (Fsp3) is 0.250. The number of carbonyl (C=O) groups excluding carboxylic acids is 1. The Morgan fingerprint density at radius 3 is 2.33 bits per heavy atom. The third-order valence-corrected chi connectivity index (χ3v) is 9.06. The van der Waals surface area contributed by atoms with E-state index in [0.717, 1.165) is 12.8 Å². The largest absolute Gasteiger partial charge is 0.334 e. The Bertz CT molecular complexity index is 1680. The molecule has 1 saturated carbocycles. The number of Topliss-reactive ketones (excluding diaryl/α,β-unsaturated/α-hetero) is 1. The first-order valence-corrected chi connectivity index (χ1v) is 14.6. The van der Waals surface area contributed by atoms with Gasteiger partial charge in [-0.3, -0.25) is 9.78 Å². The van der Waals surface area contributed by atoms with Crippen molar-refractivity contribution in [3.63, 3.8) is 0 Å². The van der Waals surface area contributed by atoms with E-state index in [4.69, 9.17) is 34.3 Å². The van der Waals surface area contributed by atoms with Gasteiger partial charge in [0.15, 0.2) is 21.3 Å². The molecule has 0 N–H and O–H groups in total. The van der Waals surface area contributed by atoms with Crippen LogP contribution in [0.3, 0.4) is 0 Å². The molecule has 2 aromatic carbocycles. The van der Waals surface area contributed by atoms with Crippen LogP contribution in [0.5, 0.6) is 0 Å². The van der Waals surface area contributed by atoms with Crippen molar-refractivity contribution >= 4 is 44.5 Å². The Hall–Kier alpha value is -3.58. The summed E-state index contributed by atoms with van der Waals surface area (Å²) in [4.78, 5) is 25.0. The normalized spacial score (nSPS) is 14.1. The number of hydrogen-bond donors (Lipinski definition) is 0. The highest BCUT2D eigenvalue weighted by molar-refractivity contribution is 7.91. The highest BCUT2D eigenvalue weighted by Gasteiger charge is 2.52. The van der Waals surface area contributed by atoms with Gasteiger partial charge in [0.2, 0.25) is 0 Å². The average molecular weight is 581 g/mol. The molecule has 2 heterocycles. The molecule has 198 valence electrons. The second-order valence-electron chi connectivity index (χ2n) is 9.38. The Morgan fingerprint density at radius 2 is 1.77 bits per heavy atom. The van der Waals surface area contributed by atoms with Crippen molar-refractivity contribution in [2.45, 2.75) is 42.9 Å². The molecule has 1 aliphatic rings. The summed E-state index contributed by atoms with van der Waals surface area (Å²) in [5.41, 5.74) is 2.50. The van der Waals surface area contributed by atoms with Crippen molar-refractivity contribution in [3.8, 4) is 11.5 Å². The summed E-state index contributed by atoms with van der Waals surface area (Å²) in [5.74, 6) is 0.703. The molecule has 0 saturated heterocycles. The SMILES string of the molecule is [C-]#[N+]c1ccc(-c2nc(C3(c4c(Cl)cc(CC(=O)Cc5ccc(S(=O)(=O)CC)cn5)cc4Cl)CC3)no2)cc1. The number of hydrogen-bond acceptors (Lipinski definition) is 7. The van der Waals surface area contributed by atoms with Crippen LogP contribution in [-0.2, 0) is 32.9 Å². The molecule has 4 aromatic rings. The van der Waals surface area contributed by atoms with E-state index in [1.165, 1.54) is 12.3 Å². The van der Waals surface area contributed by atoms with Crippen LogP contribution in [0.2, 0.25) is 10.0 Å². The van der Waals surface area contributed by atoms with Crippen LogP contribution in [0.1, 0.15) is 42.4 Å². The lowest BCUT2D eigenvalue weighted by molar-refractivity contribution is -0.117. The number of pyridine rings is 1. The molecule has 2 aromatic heterocycles. The Balaban J connectivity index is 1.32. The van der Waals surface area contributed by atoms with Crippen LogP contribution in [0.4, 0.5) is 5.69 Å². The van der Waals surface area contributed by atoms with E-state index in [1.807, 2.05) is 0 Å². The molecule has 11 heteroatoms.